The van der Waals surface area contributed by atoms with Crippen molar-refractivity contribution < 1.29 is 32.3 Å². The third-order valence-electron chi connectivity index (χ3n) is 4.16. The van der Waals surface area contributed by atoms with Crippen LogP contribution in [0.1, 0.15) is 29.3 Å². The van der Waals surface area contributed by atoms with Gasteiger partial charge in [0.25, 0.3) is 5.91 Å². The molecule has 160 valence electrons. The molecule has 1 saturated heterocycles. The minimum Gasteiger partial charge on any atom is -0.452 e. The third kappa shape index (κ3) is 6.24. The highest BCUT2D eigenvalue weighted by atomic mass is 32.2. The van der Waals surface area contributed by atoms with Crippen molar-refractivity contribution in [3.05, 3.63) is 29.3 Å². The first-order chi connectivity index (χ1) is 13.8. The van der Waals surface area contributed by atoms with Crippen molar-refractivity contribution in [2.75, 3.05) is 39.5 Å². The summed E-state index contributed by atoms with van der Waals surface area (Å²) in [5.41, 5.74) is 0.527. The molecule has 0 unspecified atom stereocenters. The molecule has 11 heteroatoms. The second-order valence-electron chi connectivity index (χ2n) is 6.37. The Kier molecular flexibility index (Phi) is 8.11. The van der Waals surface area contributed by atoms with Crippen LogP contribution in [0.15, 0.2) is 23.1 Å². The summed E-state index contributed by atoms with van der Waals surface area (Å²) in [5, 5.41) is 4.49. The summed E-state index contributed by atoms with van der Waals surface area (Å²) in [4.78, 5) is 35.4. The number of hydrogen-bond donors (Lipinski definition) is 2. The van der Waals surface area contributed by atoms with Crippen molar-refractivity contribution in [3.63, 3.8) is 0 Å². The number of benzene rings is 1. The maximum absolute atomic E-state index is 12.8. The molecule has 1 fully saturated rings. The monoisotopic (exact) mass is 427 g/mol. The van der Waals surface area contributed by atoms with Crippen molar-refractivity contribution in [2.24, 2.45) is 0 Å². The van der Waals surface area contributed by atoms with Gasteiger partial charge in [0.1, 0.15) is 0 Å². The zero-order valence-corrected chi connectivity index (χ0v) is 17.2. The van der Waals surface area contributed by atoms with E-state index in [4.69, 9.17) is 9.47 Å². The first-order valence-electron chi connectivity index (χ1n) is 9.19. The second-order valence-corrected chi connectivity index (χ2v) is 8.31. The SMILES string of the molecule is CCCNC(=O)NC(=O)COC(=O)c1cc(S(=O)(=O)N2CCOCC2)ccc1C. The lowest BCUT2D eigenvalue weighted by atomic mass is 10.1. The Morgan fingerprint density at radius 1 is 1.21 bits per heavy atom. The number of rotatable bonds is 7. The quantitative estimate of drug-likeness (QED) is 0.603. The summed E-state index contributed by atoms with van der Waals surface area (Å²) in [6.45, 7) is 4.30. The third-order valence-corrected chi connectivity index (χ3v) is 6.05. The summed E-state index contributed by atoms with van der Waals surface area (Å²) in [7, 11) is -3.78. The van der Waals surface area contributed by atoms with Gasteiger partial charge < -0.3 is 14.8 Å². The molecular weight excluding hydrogens is 402 g/mol. The number of imide groups is 1. The first-order valence-corrected chi connectivity index (χ1v) is 10.6. The van der Waals surface area contributed by atoms with E-state index in [-0.39, 0.29) is 23.5 Å². The summed E-state index contributed by atoms with van der Waals surface area (Å²) in [6.07, 6.45) is 0.708. The lowest BCUT2D eigenvalue weighted by molar-refractivity contribution is -0.123. The molecule has 0 radical (unpaired) electrons. The highest BCUT2D eigenvalue weighted by Gasteiger charge is 2.27. The molecule has 10 nitrogen and oxygen atoms in total. The molecule has 1 aromatic carbocycles. The molecule has 0 atom stereocenters. The molecule has 0 aliphatic carbocycles. The minimum absolute atomic E-state index is 0.0302. The molecule has 0 spiro atoms. The molecule has 1 heterocycles. The van der Waals surface area contributed by atoms with Crippen LogP contribution in [0.2, 0.25) is 0 Å². The summed E-state index contributed by atoms with van der Waals surface area (Å²) < 4.78 is 36.9. The van der Waals surface area contributed by atoms with Crippen LogP contribution in [0.3, 0.4) is 0 Å². The molecule has 3 amide bonds. The van der Waals surface area contributed by atoms with Gasteiger partial charge in [0.15, 0.2) is 6.61 Å². The van der Waals surface area contributed by atoms with Gasteiger partial charge in [-0.15, -0.1) is 0 Å². The highest BCUT2D eigenvalue weighted by molar-refractivity contribution is 7.89. The molecule has 2 N–H and O–H groups in total. The molecule has 1 aliphatic heterocycles. The number of urea groups is 1. The van der Waals surface area contributed by atoms with Gasteiger partial charge in [-0.3, -0.25) is 10.1 Å². The van der Waals surface area contributed by atoms with E-state index in [2.05, 4.69) is 5.32 Å². The number of aryl methyl sites for hydroxylation is 1. The van der Waals surface area contributed by atoms with Crippen molar-refractivity contribution in [1.82, 2.24) is 14.9 Å². The van der Waals surface area contributed by atoms with Gasteiger partial charge in [-0.2, -0.15) is 4.31 Å². The van der Waals surface area contributed by atoms with Crippen LogP contribution in [0, 0.1) is 6.92 Å². The van der Waals surface area contributed by atoms with Crippen molar-refractivity contribution in [2.45, 2.75) is 25.2 Å². The predicted octanol–water partition coefficient (Wildman–Crippen LogP) is 0.409. The Balaban J connectivity index is 2.04. The van der Waals surface area contributed by atoms with Crippen LogP contribution >= 0.6 is 0 Å². The number of nitrogens with one attached hydrogen (secondary N) is 2. The van der Waals surface area contributed by atoms with E-state index < -0.39 is 34.5 Å². The fourth-order valence-electron chi connectivity index (χ4n) is 2.57. The van der Waals surface area contributed by atoms with Gasteiger partial charge in [0.2, 0.25) is 10.0 Å². The summed E-state index contributed by atoms with van der Waals surface area (Å²) in [6, 6.07) is 3.47. The molecule has 2 rings (SSSR count). The average molecular weight is 427 g/mol. The van der Waals surface area contributed by atoms with E-state index in [9.17, 15) is 22.8 Å². The van der Waals surface area contributed by atoms with E-state index in [1.165, 1.54) is 22.5 Å². The van der Waals surface area contributed by atoms with Crippen LogP contribution in [-0.2, 0) is 24.3 Å². The Morgan fingerprint density at radius 2 is 1.90 bits per heavy atom. The number of nitrogens with zero attached hydrogens (tertiary/aromatic N) is 1. The van der Waals surface area contributed by atoms with Gasteiger partial charge in [0.05, 0.1) is 23.7 Å². The molecule has 1 aliphatic rings. The normalized spacial score (nSPS) is 14.8. The number of carbonyl (C=O) groups excluding carboxylic acids is 3. The van der Waals surface area contributed by atoms with Crippen LogP contribution in [0.25, 0.3) is 0 Å². The van der Waals surface area contributed by atoms with Gasteiger partial charge in [-0.05, 0) is 31.0 Å². The van der Waals surface area contributed by atoms with Crippen LogP contribution in [-0.4, -0.2) is 70.1 Å². The smallest absolute Gasteiger partial charge is 0.338 e. The maximum atomic E-state index is 12.8. The van der Waals surface area contributed by atoms with Crippen molar-refractivity contribution in [3.8, 4) is 0 Å². The lowest BCUT2D eigenvalue weighted by Gasteiger charge is -2.26. The van der Waals surface area contributed by atoms with Crippen molar-refractivity contribution in [1.29, 1.82) is 0 Å². The van der Waals surface area contributed by atoms with Gasteiger partial charge in [0, 0.05) is 19.6 Å². The van der Waals surface area contributed by atoms with Gasteiger partial charge in [-0.1, -0.05) is 13.0 Å². The zero-order chi connectivity index (χ0) is 21.4. The molecule has 0 aromatic heterocycles. The molecule has 29 heavy (non-hydrogen) atoms. The Hall–Kier alpha value is -2.50. The molecule has 1 aromatic rings. The van der Waals surface area contributed by atoms with Gasteiger partial charge >= 0.3 is 12.0 Å². The average Bonchev–Trinajstić information content (AvgIpc) is 2.71. The largest absolute Gasteiger partial charge is 0.452 e. The summed E-state index contributed by atoms with van der Waals surface area (Å²) in [5.74, 6) is -1.65. The number of amides is 3. The predicted molar refractivity (Wildman–Crippen MR) is 103 cm³/mol. The number of ether oxygens (including phenoxy) is 2. The Labute approximate surface area is 169 Å². The standard InChI is InChI=1S/C18H25N3O7S/c1-3-6-19-18(24)20-16(22)12-28-17(23)15-11-14(5-4-13(15)2)29(25,26)21-7-9-27-10-8-21/h4-5,11H,3,6-10,12H2,1-2H3,(H2,19,20,22,24). The van der Waals surface area contributed by atoms with E-state index in [1.54, 1.807) is 6.92 Å². The topological polar surface area (TPSA) is 131 Å². The van der Waals surface area contributed by atoms with Gasteiger partial charge in [-0.25, -0.2) is 18.0 Å². The van der Waals surface area contributed by atoms with Crippen LogP contribution in [0.5, 0.6) is 0 Å². The zero-order valence-electron chi connectivity index (χ0n) is 16.4. The Bertz CT molecular complexity index is 864. The fraction of sp³-hybridized carbons (Fsp3) is 0.500. The van der Waals surface area contributed by atoms with Crippen LogP contribution < -0.4 is 10.6 Å². The number of morpholine rings is 1. The van der Waals surface area contributed by atoms with E-state index in [0.29, 0.717) is 31.7 Å². The maximum Gasteiger partial charge on any atom is 0.338 e. The summed E-state index contributed by atoms with van der Waals surface area (Å²) >= 11 is 0. The number of esters is 1. The Morgan fingerprint density at radius 3 is 2.55 bits per heavy atom. The number of carbonyl (C=O) groups is 3. The van der Waals surface area contributed by atoms with Crippen LogP contribution in [0.4, 0.5) is 4.79 Å². The van der Waals surface area contributed by atoms with E-state index in [1.807, 2.05) is 12.2 Å². The highest BCUT2D eigenvalue weighted by Crippen LogP contribution is 2.21. The first kappa shape index (κ1) is 22.8. The second kappa shape index (κ2) is 10.3. The van der Waals surface area contributed by atoms with Crippen molar-refractivity contribution >= 4 is 27.9 Å². The molecule has 0 saturated carbocycles. The molecule has 0 bridgehead atoms. The van der Waals surface area contributed by atoms with E-state index in [0.717, 1.165) is 0 Å². The lowest BCUT2D eigenvalue weighted by Crippen LogP contribution is -2.41. The minimum atomic E-state index is -3.78. The number of hydrogen-bond acceptors (Lipinski definition) is 7. The number of sulfonamides is 1. The fourth-order valence-corrected chi connectivity index (χ4v) is 4.01. The molecular formula is C18H25N3O7S. The van der Waals surface area contributed by atoms with E-state index >= 15 is 0 Å².